The third-order valence-electron chi connectivity index (χ3n) is 4.03. The number of rotatable bonds is 5. The number of nitrogens with zero attached hydrogens (tertiary/aromatic N) is 3. The van der Waals surface area contributed by atoms with E-state index in [2.05, 4.69) is 9.88 Å². The van der Waals surface area contributed by atoms with Crippen LogP contribution in [0.2, 0.25) is 0 Å². The number of likely N-dealkylation sites (tertiary alicyclic amines) is 1. The zero-order valence-corrected chi connectivity index (χ0v) is 13.8. The van der Waals surface area contributed by atoms with Gasteiger partial charge in [-0.3, -0.25) is 15.0 Å². The van der Waals surface area contributed by atoms with Crippen LogP contribution < -0.4 is 4.74 Å². The summed E-state index contributed by atoms with van der Waals surface area (Å²) >= 11 is 1.61. The van der Waals surface area contributed by atoms with E-state index in [1.54, 1.807) is 17.4 Å². The summed E-state index contributed by atoms with van der Waals surface area (Å²) in [6, 6.07) is 4.96. The van der Waals surface area contributed by atoms with Gasteiger partial charge >= 0.3 is 5.69 Å². The van der Waals surface area contributed by atoms with Crippen molar-refractivity contribution in [2.75, 3.05) is 20.2 Å². The summed E-state index contributed by atoms with van der Waals surface area (Å²) in [6.07, 6.45) is 3.82. The van der Waals surface area contributed by atoms with Crippen LogP contribution in [0.1, 0.15) is 24.3 Å². The molecule has 0 spiro atoms. The van der Waals surface area contributed by atoms with Crippen LogP contribution in [-0.4, -0.2) is 35.0 Å². The van der Waals surface area contributed by atoms with Gasteiger partial charge in [-0.2, -0.15) is 0 Å². The van der Waals surface area contributed by atoms with Crippen molar-refractivity contribution in [1.82, 2.24) is 9.88 Å². The maximum atomic E-state index is 11.1. The highest BCUT2D eigenvalue weighted by molar-refractivity contribution is 7.09. The van der Waals surface area contributed by atoms with Gasteiger partial charge in [0.25, 0.3) is 0 Å². The monoisotopic (exact) mass is 333 g/mol. The molecular weight excluding hydrogens is 314 g/mol. The molecule has 0 unspecified atom stereocenters. The number of hydrogen-bond acceptors (Lipinski definition) is 6. The Bertz CT molecular complexity index is 696. The number of methoxy groups -OCH3 is 1. The van der Waals surface area contributed by atoms with Crippen molar-refractivity contribution in [3.8, 4) is 17.0 Å². The Morgan fingerprint density at radius 3 is 2.83 bits per heavy atom. The van der Waals surface area contributed by atoms with Gasteiger partial charge in [0.1, 0.15) is 5.01 Å². The Morgan fingerprint density at radius 2 is 2.13 bits per heavy atom. The first-order valence-electron chi connectivity index (χ1n) is 7.67. The zero-order chi connectivity index (χ0) is 16.2. The molecule has 6 nitrogen and oxygen atoms in total. The highest BCUT2D eigenvalue weighted by Gasteiger charge is 2.18. The van der Waals surface area contributed by atoms with E-state index in [4.69, 9.17) is 4.74 Å². The first kappa shape index (κ1) is 15.9. The van der Waals surface area contributed by atoms with Gasteiger partial charge in [0.05, 0.1) is 24.3 Å². The molecule has 0 atom stereocenters. The van der Waals surface area contributed by atoms with E-state index >= 15 is 0 Å². The Hall–Kier alpha value is -1.99. The van der Waals surface area contributed by atoms with Crippen molar-refractivity contribution in [2.45, 2.75) is 25.8 Å². The second kappa shape index (κ2) is 7.06. The molecule has 0 bridgehead atoms. The maximum Gasteiger partial charge on any atom is 0.311 e. The molecule has 0 aliphatic carbocycles. The van der Waals surface area contributed by atoms with Crippen molar-refractivity contribution in [3.63, 3.8) is 0 Å². The highest BCUT2D eigenvalue weighted by atomic mass is 32.1. The molecule has 2 heterocycles. The summed E-state index contributed by atoms with van der Waals surface area (Å²) in [7, 11) is 1.43. The molecule has 1 aliphatic rings. The van der Waals surface area contributed by atoms with E-state index in [-0.39, 0.29) is 11.4 Å². The number of nitro groups is 1. The van der Waals surface area contributed by atoms with Gasteiger partial charge in [0, 0.05) is 17.0 Å². The third kappa shape index (κ3) is 3.68. The number of nitro benzene ring substituents is 1. The first-order valence-corrected chi connectivity index (χ1v) is 8.55. The van der Waals surface area contributed by atoms with E-state index in [9.17, 15) is 10.1 Å². The Kier molecular flexibility index (Phi) is 4.88. The molecule has 2 aromatic rings. The van der Waals surface area contributed by atoms with Crippen LogP contribution in [0.15, 0.2) is 23.6 Å². The summed E-state index contributed by atoms with van der Waals surface area (Å²) in [4.78, 5) is 17.8. The number of piperidine rings is 1. The summed E-state index contributed by atoms with van der Waals surface area (Å²) in [5, 5.41) is 14.2. The lowest BCUT2D eigenvalue weighted by Crippen LogP contribution is -2.28. The van der Waals surface area contributed by atoms with Gasteiger partial charge in [-0.05, 0) is 38.1 Å². The Balaban J connectivity index is 1.79. The lowest BCUT2D eigenvalue weighted by atomic mass is 10.1. The van der Waals surface area contributed by atoms with Crippen LogP contribution in [0.25, 0.3) is 11.3 Å². The fourth-order valence-corrected chi connectivity index (χ4v) is 3.66. The largest absolute Gasteiger partial charge is 0.490 e. The Labute approximate surface area is 138 Å². The van der Waals surface area contributed by atoms with Crippen molar-refractivity contribution >= 4 is 17.0 Å². The fourth-order valence-electron chi connectivity index (χ4n) is 2.82. The molecule has 0 radical (unpaired) electrons. The molecule has 1 saturated heterocycles. The lowest BCUT2D eigenvalue weighted by Gasteiger charge is -2.25. The van der Waals surface area contributed by atoms with Crippen LogP contribution in [-0.2, 0) is 6.54 Å². The summed E-state index contributed by atoms with van der Waals surface area (Å²) in [5.74, 6) is 0.266. The van der Waals surface area contributed by atoms with Gasteiger partial charge in [-0.25, -0.2) is 4.98 Å². The van der Waals surface area contributed by atoms with Crippen molar-refractivity contribution < 1.29 is 9.66 Å². The molecule has 0 N–H and O–H groups in total. The van der Waals surface area contributed by atoms with E-state index in [1.807, 2.05) is 11.4 Å². The van der Waals surface area contributed by atoms with Crippen molar-refractivity contribution in [3.05, 3.63) is 38.7 Å². The minimum atomic E-state index is -0.427. The second-order valence-corrected chi connectivity index (χ2v) is 6.55. The van der Waals surface area contributed by atoms with Crippen LogP contribution in [0, 0.1) is 10.1 Å². The van der Waals surface area contributed by atoms with E-state index in [0.717, 1.165) is 35.9 Å². The zero-order valence-electron chi connectivity index (χ0n) is 13.0. The van der Waals surface area contributed by atoms with E-state index < -0.39 is 4.92 Å². The molecule has 1 aromatic carbocycles. The summed E-state index contributed by atoms with van der Waals surface area (Å²) in [6.45, 7) is 3.12. The average Bonchev–Trinajstić information content (AvgIpc) is 3.03. The quantitative estimate of drug-likeness (QED) is 0.616. The Morgan fingerprint density at radius 1 is 1.35 bits per heavy atom. The van der Waals surface area contributed by atoms with Gasteiger partial charge in [0.2, 0.25) is 0 Å². The number of ether oxygens (including phenoxy) is 1. The van der Waals surface area contributed by atoms with Crippen LogP contribution >= 0.6 is 11.3 Å². The number of aromatic nitrogens is 1. The first-order chi connectivity index (χ1) is 11.2. The molecule has 1 fully saturated rings. The molecule has 23 heavy (non-hydrogen) atoms. The topological polar surface area (TPSA) is 68.5 Å². The van der Waals surface area contributed by atoms with Gasteiger partial charge in [0.15, 0.2) is 5.75 Å². The van der Waals surface area contributed by atoms with Crippen LogP contribution in [0.3, 0.4) is 0 Å². The molecular formula is C16H19N3O3S. The summed E-state index contributed by atoms with van der Waals surface area (Å²) < 4.78 is 5.04. The average molecular weight is 333 g/mol. The van der Waals surface area contributed by atoms with Crippen molar-refractivity contribution in [1.29, 1.82) is 0 Å². The maximum absolute atomic E-state index is 11.1. The predicted molar refractivity (Wildman–Crippen MR) is 89.9 cm³/mol. The van der Waals surface area contributed by atoms with Gasteiger partial charge in [-0.1, -0.05) is 6.42 Å². The fraction of sp³-hybridized carbons (Fsp3) is 0.438. The molecule has 1 aromatic heterocycles. The second-order valence-electron chi connectivity index (χ2n) is 5.61. The number of thiazole rings is 1. The molecule has 3 rings (SSSR count). The minimum absolute atomic E-state index is 0.0319. The lowest BCUT2D eigenvalue weighted by molar-refractivity contribution is -0.385. The van der Waals surface area contributed by atoms with E-state index in [0.29, 0.717) is 0 Å². The SMILES string of the molecule is COc1ccc(-c2csc(CN3CCCCC3)n2)cc1[N+](=O)[O-]. The number of hydrogen-bond donors (Lipinski definition) is 0. The third-order valence-corrected chi connectivity index (χ3v) is 4.86. The van der Waals surface area contributed by atoms with Crippen molar-refractivity contribution in [2.24, 2.45) is 0 Å². The molecule has 122 valence electrons. The minimum Gasteiger partial charge on any atom is -0.490 e. The van der Waals surface area contributed by atoms with Crippen LogP contribution in [0.4, 0.5) is 5.69 Å². The number of benzene rings is 1. The molecule has 7 heteroatoms. The standard InChI is InChI=1S/C16H19N3O3S/c1-22-15-6-5-12(9-14(15)19(20)21)13-11-23-16(17-13)10-18-7-3-2-4-8-18/h5-6,9,11H,2-4,7-8,10H2,1H3. The van der Waals surface area contributed by atoms with Gasteiger partial charge < -0.3 is 4.74 Å². The molecule has 1 aliphatic heterocycles. The normalized spacial score (nSPS) is 15.5. The van der Waals surface area contributed by atoms with Crippen LogP contribution in [0.5, 0.6) is 5.75 Å². The molecule has 0 amide bonds. The summed E-state index contributed by atoms with van der Waals surface area (Å²) in [5.41, 5.74) is 1.50. The van der Waals surface area contributed by atoms with Gasteiger partial charge in [-0.15, -0.1) is 11.3 Å². The molecule has 0 saturated carbocycles. The highest BCUT2D eigenvalue weighted by Crippen LogP contribution is 2.32. The van der Waals surface area contributed by atoms with E-state index in [1.165, 1.54) is 32.4 Å². The smallest absolute Gasteiger partial charge is 0.311 e. The predicted octanol–water partition coefficient (Wildman–Crippen LogP) is 3.71.